The van der Waals surface area contributed by atoms with E-state index in [1.807, 2.05) is 12.1 Å². The number of benzene rings is 2. The average molecular weight is 260 g/mol. The highest BCUT2D eigenvalue weighted by molar-refractivity contribution is 6.30. The SMILES string of the molecule is CCNCc1ccc(C)c(-c2ccc(Cl)cc2)c1. The maximum Gasteiger partial charge on any atom is 0.0406 e. The van der Waals surface area contributed by atoms with E-state index in [4.69, 9.17) is 11.6 Å². The Labute approximate surface area is 114 Å². The summed E-state index contributed by atoms with van der Waals surface area (Å²) in [6.45, 7) is 6.16. The van der Waals surface area contributed by atoms with Crippen LogP contribution in [0.2, 0.25) is 5.02 Å². The van der Waals surface area contributed by atoms with Gasteiger partial charge in [0.05, 0.1) is 0 Å². The van der Waals surface area contributed by atoms with Crippen molar-refractivity contribution in [1.82, 2.24) is 5.32 Å². The van der Waals surface area contributed by atoms with Gasteiger partial charge in [0, 0.05) is 11.6 Å². The van der Waals surface area contributed by atoms with Crippen LogP contribution in [0.3, 0.4) is 0 Å². The molecular weight excluding hydrogens is 242 g/mol. The van der Waals surface area contributed by atoms with Crippen LogP contribution in [0.1, 0.15) is 18.1 Å². The number of hydrogen-bond acceptors (Lipinski definition) is 1. The molecule has 0 saturated carbocycles. The van der Waals surface area contributed by atoms with Crippen molar-refractivity contribution in [3.05, 3.63) is 58.6 Å². The minimum absolute atomic E-state index is 0.778. The van der Waals surface area contributed by atoms with Crippen LogP contribution in [0.4, 0.5) is 0 Å². The van der Waals surface area contributed by atoms with Gasteiger partial charge in [0.1, 0.15) is 0 Å². The van der Waals surface area contributed by atoms with Crippen LogP contribution in [0.5, 0.6) is 0 Å². The molecule has 0 spiro atoms. The molecule has 94 valence electrons. The van der Waals surface area contributed by atoms with E-state index in [1.54, 1.807) is 0 Å². The van der Waals surface area contributed by atoms with Crippen molar-refractivity contribution >= 4 is 11.6 Å². The molecule has 1 N–H and O–H groups in total. The lowest BCUT2D eigenvalue weighted by Gasteiger charge is -2.10. The summed E-state index contributed by atoms with van der Waals surface area (Å²) in [4.78, 5) is 0. The standard InChI is InChI=1S/C16H18ClN/c1-3-18-11-13-5-4-12(2)16(10-13)14-6-8-15(17)9-7-14/h4-10,18H,3,11H2,1-2H3. The van der Waals surface area contributed by atoms with Gasteiger partial charge in [0.2, 0.25) is 0 Å². The fourth-order valence-electron chi connectivity index (χ4n) is 1.99. The summed E-state index contributed by atoms with van der Waals surface area (Å²) in [7, 11) is 0. The normalized spacial score (nSPS) is 10.6. The maximum absolute atomic E-state index is 5.93. The summed E-state index contributed by atoms with van der Waals surface area (Å²) in [6, 6.07) is 14.6. The van der Waals surface area contributed by atoms with Crippen LogP contribution >= 0.6 is 11.6 Å². The molecule has 2 heteroatoms. The van der Waals surface area contributed by atoms with Crippen molar-refractivity contribution in [2.24, 2.45) is 0 Å². The van der Waals surface area contributed by atoms with Gasteiger partial charge in [-0.1, -0.05) is 42.8 Å². The van der Waals surface area contributed by atoms with Crippen LogP contribution in [0.25, 0.3) is 11.1 Å². The zero-order valence-electron chi connectivity index (χ0n) is 10.8. The van der Waals surface area contributed by atoms with Crippen molar-refractivity contribution in [3.63, 3.8) is 0 Å². The fraction of sp³-hybridized carbons (Fsp3) is 0.250. The van der Waals surface area contributed by atoms with E-state index in [0.717, 1.165) is 18.1 Å². The fourth-order valence-corrected chi connectivity index (χ4v) is 2.11. The third-order valence-electron chi connectivity index (χ3n) is 3.04. The topological polar surface area (TPSA) is 12.0 Å². The van der Waals surface area contributed by atoms with Gasteiger partial charge in [0.15, 0.2) is 0 Å². The van der Waals surface area contributed by atoms with E-state index in [9.17, 15) is 0 Å². The summed E-state index contributed by atoms with van der Waals surface area (Å²) in [5.74, 6) is 0. The van der Waals surface area contributed by atoms with Crippen molar-refractivity contribution in [2.45, 2.75) is 20.4 Å². The Morgan fingerprint density at radius 1 is 1.06 bits per heavy atom. The smallest absolute Gasteiger partial charge is 0.0406 e. The first-order chi connectivity index (χ1) is 8.70. The second-order valence-electron chi connectivity index (χ2n) is 4.44. The number of rotatable bonds is 4. The first kappa shape index (κ1) is 13.1. The molecule has 0 atom stereocenters. The zero-order valence-corrected chi connectivity index (χ0v) is 11.6. The predicted molar refractivity (Wildman–Crippen MR) is 79.0 cm³/mol. The van der Waals surface area contributed by atoms with E-state index >= 15 is 0 Å². The lowest BCUT2D eigenvalue weighted by atomic mass is 9.98. The Hall–Kier alpha value is -1.31. The summed E-state index contributed by atoms with van der Waals surface area (Å²) in [6.07, 6.45) is 0. The Morgan fingerprint density at radius 3 is 2.44 bits per heavy atom. The molecule has 18 heavy (non-hydrogen) atoms. The van der Waals surface area contributed by atoms with Crippen LogP contribution in [0, 0.1) is 6.92 Å². The van der Waals surface area contributed by atoms with Crippen LogP contribution in [0.15, 0.2) is 42.5 Å². The van der Waals surface area contributed by atoms with Crippen LogP contribution in [-0.4, -0.2) is 6.54 Å². The van der Waals surface area contributed by atoms with Gasteiger partial charge in [-0.15, -0.1) is 0 Å². The third kappa shape index (κ3) is 3.12. The number of aryl methyl sites for hydroxylation is 1. The first-order valence-electron chi connectivity index (χ1n) is 6.27. The molecule has 1 nitrogen and oxygen atoms in total. The molecule has 0 heterocycles. The van der Waals surface area contributed by atoms with Gasteiger partial charge >= 0.3 is 0 Å². The Kier molecular flexibility index (Phi) is 4.40. The number of halogens is 1. The highest BCUT2D eigenvalue weighted by Crippen LogP contribution is 2.26. The largest absolute Gasteiger partial charge is 0.313 e. The highest BCUT2D eigenvalue weighted by Gasteiger charge is 2.03. The molecule has 0 bridgehead atoms. The maximum atomic E-state index is 5.93. The molecule has 2 rings (SSSR count). The van der Waals surface area contributed by atoms with Crippen molar-refractivity contribution in [2.75, 3.05) is 6.54 Å². The average Bonchev–Trinajstić information content (AvgIpc) is 2.39. The molecule has 0 fully saturated rings. The Morgan fingerprint density at radius 2 is 1.78 bits per heavy atom. The quantitative estimate of drug-likeness (QED) is 0.857. The van der Waals surface area contributed by atoms with Crippen molar-refractivity contribution < 1.29 is 0 Å². The summed E-state index contributed by atoms with van der Waals surface area (Å²) in [5.41, 5.74) is 5.10. The van der Waals surface area contributed by atoms with Crippen LogP contribution in [-0.2, 0) is 6.54 Å². The van der Waals surface area contributed by atoms with Crippen molar-refractivity contribution in [3.8, 4) is 11.1 Å². The lowest BCUT2D eigenvalue weighted by molar-refractivity contribution is 0.727. The minimum Gasteiger partial charge on any atom is -0.313 e. The highest BCUT2D eigenvalue weighted by atomic mass is 35.5. The zero-order chi connectivity index (χ0) is 13.0. The lowest BCUT2D eigenvalue weighted by Crippen LogP contribution is -2.11. The Bertz CT molecular complexity index is 517. The van der Waals surface area contributed by atoms with E-state index < -0.39 is 0 Å². The van der Waals surface area contributed by atoms with E-state index in [1.165, 1.54) is 22.3 Å². The number of nitrogens with one attached hydrogen (secondary N) is 1. The molecule has 0 aliphatic carbocycles. The van der Waals surface area contributed by atoms with Gasteiger partial charge in [0.25, 0.3) is 0 Å². The van der Waals surface area contributed by atoms with Crippen LogP contribution < -0.4 is 5.32 Å². The second-order valence-corrected chi connectivity index (χ2v) is 4.87. The van der Waals surface area contributed by atoms with Gasteiger partial charge in [-0.2, -0.15) is 0 Å². The molecule has 0 aromatic heterocycles. The summed E-state index contributed by atoms with van der Waals surface area (Å²) in [5, 5.41) is 4.13. The molecule has 0 aliphatic rings. The monoisotopic (exact) mass is 259 g/mol. The third-order valence-corrected chi connectivity index (χ3v) is 3.29. The summed E-state index contributed by atoms with van der Waals surface area (Å²) < 4.78 is 0. The van der Waals surface area contributed by atoms with E-state index in [0.29, 0.717) is 0 Å². The first-order valence-corrected chi connectivity index (χ1v) is 6.64. The Balaban J connectivity index is 2.33. The predicted octanol–water partition coefficient (Wildman–Crippen LogP) is 4.42. The van der Waals surface area contributed by atoms with Gasteiger partial charge < -0.3 is 5.32 Å². The molecular formula is C16H18ClN. The van der Waals surface area contributed by atoms with Gasteiger partial charge in [-0.05, 0) is 53.9 Å². The van der Waals surface area contributed by atoms with Gasteiger partial charge in [-0.25, -0.2) is 0 Å². The molecule has 2 aromatic rings. The molecule has 2 aromatic carbocycles. The van der Waals surface area contributed by atoms with Gasteiger partial charge in [-0.3, -0.25) is 0 Å². The second kappa shape index (κ2) is 6.03. The van der Waals surface area contributed by atoms with E-state index in [2.05, 4.69) is 49.5 Å². The molecule has 0 unspecified atom stereocenters. The summed E-state index contributed by atoms with van der Waals surface area (Å²) >= 11 is 5.93. The molecule has 0 aliphatic heterocycles. The molecule has 0 radical (unpaired) electrons. The molecule has 0 amide bonds. The van der Waals surface area contributed by atoms with Crippen molar-refractivity contribution in [1.29, 1.82) is 0 Å². The molecule has 0 saturated heterocycles. The minimum atomic E-state index is 0.778. The van der Waals surface area contributed by atoms with E-state index in [-0.39, 0.29) is 0 Å². The number of hydrogen-bond donors (Lipinski definition) is 1.